The Morgan fingerprint density at radius 2 is 2.15 bits per heavy atom. The molecule has 0 saturated carbocycles. The molecule has 4 rings (SSSR count). The summed E-state index contributed by atoms with van der Waals surface area (Å²) in [6.45, 7) is 3.78. The van der Waals surface area contributed by atoms with Gasteiger partial charge < -0.3 is 15.3 Å². The number of rotatable bonds is 3. The van der Waals surface area contributed by atoms with Crippen LogP contribution >= 0.6 is 0 Å². The Morgan fingerprint density at radius 1 is 1.31 bits per heavy atom. The molecule has 1 aromatic carbocycles. The molecule has 0 bridgehead atoms. The number of phenols is 1. The number of nitrogens with zero attached hydrogens (tertiary/aromatic N) is 4. The lowest BCUT2D eigenvalue weighted by molar-refractivity contribution is 0.260. The summed E-state index contributed by atoms with van der Waals surface area (Å²) in [7, 11) is 2.11. The van der Waals surface area contributed by atoms with Crippen LogP contribution in [0, 0.1) is 12.7 Å². The van der Waals surface area contributed by atoms with E-state index in [0.717, 1.165) is 25.9 Å². The van der Waals surface area contributed by atoms with Crippen molar-refractivity contribution in [3.05, 3.63) is 41.8 Å². The summed E-state index contributed by atoms with van der Waals surface area (Å²) in [4.78, 5) is 2.29. The van der Waals surface area contributed by atoms with Crippen LogP contribution in [-0.4, -0.2) is 50.8 Å². The van der Waals surface area contributed by atoms with E-state index in [4.69, 9.17) is 0 Å². The fourth-order valence-electron chi connectivity index (χ4n) is 3.66. The van der Waals surface area contributed by atoms with E-state index in [0.29, 0.717) is 28.8 Å². The molecule has 0 radical (unpaired) electrons. The molecule has 26 heavy (non-hydrogen) atoms. The number of fused-ring (bicyclic) bond motifs is 1. The standard InChI is InChI=1S/C19H22FN5O/c1-12-9-14(20)17(16(26)10-12)18-15-6-4-8-25(15)19(23-22-18)21-13-5-3-7-24(2)11-13/h4,6,8-10,13,26H,3,5,7,11H2,1-2H3,(H,21,23)/t13-/m1/s1. The van der Waals surface area contributed by atoms with Crippen molar-refractivity contribution >= 4 is 11.5 Å². The van der Waals surface area contributed by atoms with Crippen LogP contribution < -0.4 is 5.32 Å². The minimum absolute atomic E-state index is 0.0794. The Balaban J connectivity index is 1.75. The lowest BCUT2D eigenvalue weighted by atomic mass is 10.1. The largest absolute Gasteiger partial charge is 0.507 e. The third-order valence-electron chi connectivity index (χ3n) is 4.87. The molecular formula is C19H22FN5O. The first-order chi connectivity index (χ1) is 12.5. The molecule has 1 aliphatic heterocycles. The molecule has 0 aliphatic carbocycles. The molecule has 0 unspecified atom stereocenters. The normalized spacial score (nSPS) is 18.3. The lowest BCUT2D eigenvalue weighted by Crippen LogP contribution is -2.40. The number of aromatic nitrogens is 3. The van der Waals surface area contributed by atoms with Gasteiger partial charge in [0.05, 0.1) is 11.1 Å². The van der Waals surface area contributed by atoms with Crippen molar-refractivity contribution in [1.82, 2.24) is 19.5 Å². The fraction of sp³-hybridized carbons (Fsp3) is 0.368. The summed E-state index contributed by atoms with van der Waals surface area (Å²) in [5.41, 5.74) is 1.76. The zero-order valence-electron chi connectivity index (χ0n) is 14.9. The van der Waals surface area contributed by atoms with E-state index in [1.54, 1.807) is 6.92 Å². The summed E-state index contributed by atoms with van der Waals surface area (Å²) in [6.07, 6.45) is 4.08. The van der Waals surface area contributed by atoms with Gasteiger partial charge in [0.15, 0.2) is 0 Å². The molecule has 2 aromatic heterocycles. The number of aromatic hydroxyl groups is 1. The fourth-order valence-corrected chi connectivity index (χ4v) is 3.66. The van der Waals surface area contributed by atoms with Crippen LogP contribution in [0.5, 0.6) is 5.75 Å². The van der Waals surface area contributed by atoms with Crippen molar-refractivity contribution in [3.8, 4) is 17.0 Å². The maximum absolute atomic E-state index is 14.5. The van der Waals surface area contributed by atoms with Gasteiger partial charge in [0.2, 0.25) is 5.95 Å². The second-order valence-electron chi connectivity index (χ2n) is 7.02. The monoisotopic (exact) mass is 355 g/mol. The Morgan fingerprint density at radius 3 is 2.92 bits per heavy atom. The Labute approximate surface area is 151 Å². The topological polar surface area (TPSA) is 65.7 Å². The maximum atomic E-state index is 14.5. The third kappa shape index (κ3) is 2.99. The zero-order chi connectivity index (χ0) is 18.3. The van der Waals surface area contributed by atoms with E-state index < -0.39 is 5.82 Å². The molecule has 2 N–H and O–H groups in total. The number of benzene rings is 1. The van der Waals surface area contributed by atoms with E-state index in [1.165, 1.54) is 12.1 Å². The van der Waals surface area contributed by atoms with Crippen LogP contribution in [0.15, 0.2) is 30.5 Å². The van der Waals surface area contributed by atoms with Crippen LogP contribution in [0.25, 0.3) is 16.8 Å². The molecule has 136 valence electrons. The van der Waals surface area contributed by atoms with E-state index in [9.17, 15) is 9.50 Å². The predicted molar refractivity (Wildman–Crippen MR) is 98.9 cm³/mol. The molecule has 7 heteroatoms. The quantitative estimate of drug-likeness (QED) is 0.756. The van der Waals surface area contributed by atoms with Crippen molar-refractivity contribution in [2.24, 2.45) is 0 Å². The van der Waals surface area contributed by atoms with Crippen molar-refractivity contribution in [1.29, 1.82) is 0 Å². The van der Waals surface area contributed by atoms with Crippen molar-refractivity contribution in [2.75, 3.05) is 25.5 Å². The summed E-state index contributed by atoms with van der Waals surface area (Å²) in [6, 6.07) is 6.93. The molecule has 1 aliphatic rings. The Kier molecular flexibility index (Phi) is 4.24. The SMILES string of the molecule is Cc1cc(O)c(-c2nnc(N[C@@H]3CCCN(C)C3)n3cccc23)c(F)c1. The Bertz CT molecular complexity index is 931. The van der Waals surface area contributed by atoms with Crippen molar-refractivity contribution < 1.29 is 9.50 Å². The predicted octanol–water partition coefficient (Wildman–Crippen LogP) is 3.06. The van der Waals surface area contributed by atoms with Crippen LogP contribution in [0.3, 0.4) is 0 Å². The average Bonchev–Trinajstić information content (AvgIpc) is 3.06. The average molecular weight is 355 g/mol. The van der Waals surface area contributed by atoms with E-state index in [1.807, 2.05) is 22.7 Å². The zero-order valence-corrected chi connectivity index (χ0v) is 14.9. The molecular weight excluding hydrogens is 333 g/mol. The van der Waals surface area contributed by atoms with Crippen molar-refractivity contribution in [3.63, 3.8) is 0 Å². The number of phenolic OH excluding ortho intramolecular Hbond substituents is 1. The van der Waals surface area contributed by atoms with Crippen molar-refractivity contribution in [2.45, 2.75) is 25.8 Å². The van der Waals surface area contributed by atoms with Gasteiger partial charge in [0.1, 0.15) is 17.3 Å². The molecule has 1 atom stereocenters. The molecule has 3 heterocycles. The van der Waals surface area contributed by atoms with E-state index >= 15 is 0 Å². The third-order valence-corrected chi connectivity index (χ3v) is 4.87. The van der Waals surface area contributed by atoms with Crippen LogP contribution in [0.4, 0.5) is 10.3 Å². The Hall–Kier alpha value is -2.67. The summed E-state index contributed by atoms with van der Waals surface area (Å²) < 4.78 is 16.3. The van der Waals surface area contributed by atoms with Gasteiger partial charge >= 0.3 is 0 Å². The molecule has 1 saturated heterocycles. The number of likely N-dealkylation sites (N-methyl/N-ethyl adjacent to an activating group) is 1. The minimum Gasteiger partial charge on any atom is -0.507 e. The summed E-state index contributed by atoms with van der Waals surface area (Å²) >= 11 is 0. The molecule has 0 amide bonds. The van der Waals surface area contributed by atoms with Gasteiger partial charge in [-0.3, -0.25) is 4.40 Å². The van der Waals surface area contributed by atoms with Gasteiger partial charge in [-0.25, -0.2) is 4.39 Å². The summed E-state index contributed by atoms with van der Waals surface area (Å²) in [5, 5.41) is 22.2. The van der Waals surface area contributed by atoms with Gasteiger partial charge in [-0.1, -0.05) is 0 Å². The smallest absolute Gasteiger partial charge is 0.228 e. The van der Waals surface area contributed by atoms with Gasteiger partial charge in [0, 0.05) is 18.8 Å². The highest BCUT2D eigenvalue weighted by molar-refractivity contribution is 5.81. The highest BCUT2D eigenvalue weighted by Gasteiger charge is 2.21. The van der Waals surface area contributed by atoms with Crippen LogP contribution in [0.1, 0.15) is 18.4 Å². The van der Waals surface area contributed by atoms with Gasteiger partial charge in [-0.2, -0.15) is 0 Å². The van der Waals surface area contributed by atoms with Crippen LogP contribution in [-0.2, 0) is 0 Å². The second-order valence-corrected chi connectivity index (χ2v) is 7.02. The number of nitrogens with one attached hydrogen (secondary N) is 1. The molecule has 1 fully saturated rings. The number of aryl methyl sites for hydroxylation is 1. The number of likely N-dealkylation sites (tertiary alicyclic amines) is 1. The summed E-state index contributed by atoms with van der Waals surface area (Å²) in [5.74, 6) is -0.00918. The number of hydrogen-bond donors (Lipinski definition) is 2. The number of anilines is 1. The highest BCUT2D eigenvalue weighted by atomic mass is 19.1. The van der Waals surface area contributed by atoms with E-state index in [2.05, 4.69) is 27.5 Å². The van der Waals surface area contributed by atoms with E-state index in [-0.39, 0.29) is 11.3 Å². The molecule has 0 spiro atoms. The van der Waals surface area contributed by atoms with Gasteiger partial charge in [-0.15, -0.1) is 10.2 Å². The number of halogens is 1. The first-order valence-corrected chi connectivity index (χ1v) is 8.81. The minimum atomic E-state index is -0.505. The number of hydrogen-bond acceptors (Lipinski definition) is 5. The van der Waals surface area contributed by atoms with Gasteiger partial charge in [-0.05, 0) is 63.2 Å². The molecule has 3 aromatic rings. The first-order valence-electron chi connectivity index (χ1n) is 8.81. The highest BCUT2D eigenvalue weighted by Crippen LogP contribution is 2.34. The first kappa shape index (κ1) is 16.8. The van der Waals surface area contributed by atoms with Crippen LogP contribution in [0.2, 0.25) is 0 Å². The lowest BCUT2D eigenvalue weighted by Gasteiger charge is -2.30. The molecule has 6 nitrogen and oxygen atoms in total. The number of piperidine rings is 1. The maximum Gasteiger partial charge on any atom is 0.228 e. The second kappa shape index (κ2) is 6.57. The van der Waals surface area contributed by atoms with Gasteiger partial charge in [0.25, 0.3) is 0 Å².